The average Bonchev–Trinajstić information content (AvgIpc) is 2.88. The summed E-state index contributed by atoms with van der Waals surface area (Å²) < 4.78 is 28.7. The van der Waals surface area contributed by atoms with Crippen molar-refractivity contribution in [3.8, 4) is 0 Å². The van der Waals surface area contributed by atoms with Crippen molar-refractivity contribution in [3.63, 3.8) is 0 Å². The molecule has 0 spiro atoms. The third kappa shape index (κ3) is 7.01. The zero-order valence-electron chi connectivity index (χ0n) is 22.7. The van der Waals surface area contributed by atoms with Gasteiger partial charge in [-0.25, -0.2) is 8.42 Å². The highest BCUT2D eigenvalue weighted by atomic mass is 32.2. The highest BCUT2D eigenvalue weighted by Gasteiger charge is 2.33. The molecule has 0 radical (unpaired) electrons. The molecule has 0 fully saturated rings. The Labute approximate surface area is 226 Å². The molecule has 0 aliphatic rings. The summed E-state index contributed by atoms with van der Waals surface area (Å²) in [5.41, 5.74) is 3.18. The van der Waals surface area contributed by atoms with E-state index in [4.69, 9.17) is 0 Å². The number of hydrogen-bond acceptors (Lipinski definition) is 4. The number of carbonyl (C=O) groups is 2. The number of anilines is 1. The fourth-order valence-electron chi connectivity index (χ4n) is 4.23. The van der Waals surface area contributed by atoms with Crippen LogP contribution in [-0.2, 0) is 26.2 Å². The molecule has 3 rings (SSSR count). The van der Waals surface area contributed by atoms with Crippen molar-refractivity contribution in [2.75, 3.05) is 10.8 Å². The van der Waals surface area contributed by atoms with E-state index in [0.29, 0.717) is 12.1 Å². The van der Waals surface area contributed by atoms with Crippen LogP contribution < -0.4 is 9.62 Å². The first kappa shape index (κ1) is 28.9. The van der Waals surface area contributed by atoms with Crippen molar-refractivity contribution >= 4 is 27.5 Å². The minimum absolute atomic E-state index is 0.0924. The summed E-state index contributed by atoms with van der Waals surface area (Å²) in [7, 11) is -4.07. The molecule has 1 atom stereocenters. The second-order valence-corrected chi connectivity index (χ2v) is 11.6. The number of amides is 2. The first-order chi connectivity index (χ1) is 18.0. The summed E-state index contributed by atoms with van der Waals surface area (Å²) in [6, 6.07) is 21.9. The molecule has 0 saturated heterocycles. The van der Waals surface area contributed by atoms with Crippen molar-refractivity contribution in [2.24, 2.45) is 0 Å². The van der Waals surface area contributed by atoms with Gasteiger partial charge in [0.05, 0.1) is 10.6 Å². The molecule has 2 amide bonds. The Hall–Kier alpha value is -3.65. The molecule has 0 bridgehead atoms. The number of aryl methyl sites for hydroxylation is 2. The van der Waals surface area contributed by atoms with Crippen molar-refractivity contribution in [2.45, 2.75) is 64.6 Å². The zero-order valence-corrected chi connectivity index (χ0v) is 23.5. The Morgan fingerprint density at radius 1 is 0.868 bits per heavy atom. The largest absolute Gasteiger partial charge is 0.352 e. The fraction of sp³-hybridized carbons (Fsp3) is 0.333. The number of benzene rings is 3. The van der Waals surface area contributed by atoms with E-state index >= 15 is 0 Å². The average molecular weight is 536 g/mol. The predicted octanol–water partition coefficient (Wildman–Crippen LogP) is 4.83. The van der Waals surface area contributed by atoms with E-state index in [0.717, 1.165) is 21.0 Å². The van der Waals surface area contributed by atoms with Gasteiger partial charge in [0.25, 0.3) is 10.0 Å². The minimum Gasteiger partial charge on any atom is -0.352 e. The summed E-state index contributed by atoms with van der Waals surface area (Å²) in [4.78, 5) is 28.8. The van der Waals surface area contributed by atoms with Crippen LogP contribution >= 0.6 is 0 Å². The van der Waals surface area contributed by atoms with Crippen molar-refractivity contribution in [1.29, 1.82) is 0 Å². The molecule has 202 valence electrons. The molecule has 3 aromatic rings. The smallest absolute Gasteiger partial charge is 0.264 e. The van der Waals surface area contributed by atoms with E-state index in [1.807, 2.05) is 58.9 Å². The Morgan fingerprint density at radius 3 is 2.05 bits per heavy atom. The summed E-state index contributed by atoms with van der Waals surface area (Å²) in [5, 5.41) is 2.91. The van der Waals surface area contributed by atoms with Crippen LogP contribution in [0.2, 0.25) is 0 Å². The quantitative estimate of drug-likeness (QED) is 0.381. The van der Waals surface area contributed by atoms with Crippen LogP contribution in [0.5, 0.6) is 0 Å². The lowest BCUT2D eigenvalue weighted by molar-refractivity contribution is -0.140. The van der Waals surface area contributed by atoms with Crippen LogP contribution in [0, 0.1) is 13.8 Å². The van der Waals surface area contributed by atoms with E-state index in [1.54, 1.807) is 54.6 Å². The number of carbonyl (C=O) groups excluding carboxylic acids is 2. The molecule has 7 nitrogen and oxygen atoms in total. The number of hydrogen-bond donors (Lipinski definition) is 1. The molecule has 38 heavy (non-hydrogen) atoms. The lowest BCUT2D eigenvalue weighted by Gasteiger charge is -2.34. The first-order valence-corrected chi connectivity index (χ1v) is 14.3. The highest BCUT2D eigenvalue weighted by molar-refractivity contribution is 7.92. The molecule has 0 aromatic heterocycles. The van der Waals surface area contributed by atoms with Gasteiger partial charge in [-0.15, -0.1) is 0 Å². The molecule has 3 aromatic carbocycles. The molecule has 8 heteroatoms. The number of sulfonamides is 1. The molecular formula is C30H37N3O4S. The SMILES string of the molecule is CCC(C(=O)NC(C)C)N(Cc1ccccc1C)C(=O)CN(c1ccccc1)S(=O)(=O)c1ccc(C)cc1. The van der Waals surface area contributed by atoms with Gasteiger partial charge in [0.15, 0.2) is 0 Å². The Kier molecular flexibility index (Phi) is 9.69. The third-order valence-corrected chi connectivity index (χ3v) is 8.14. The van der Waals surface area contributed by atoms with Crippen molar-refractivity contribution in [1.82, 2.24) is 10.2 Å². The maximum Gasteiger partial charge on any atom is 0.264 e. The normalized spacial score (nSPS) is 12.2. The lowest BCUT2D eigenvalue weighted by atomic mass is 10.1. The third-order valence-electron chi connectivity index (χ3n) is 6.35. The lowest BCUT2D eigenvalue weighted by Crippen LogP contribution is -2.53. The molecular weight excluding hydrogens is 498 g/mol. The Bertz CT molecular complexity index is 1340. The summed E-state index contributed by atoms with van der Waals surface area (Å²) >= 11 is 0. The van der Waals surface area contributed by atoms with Crippen LogP contribution in [0.4, 0.5) is 5.69 Å². The number of para-hydroxylation sites is 1. The fourth-order valence-corrected chi connectivity index (χ4v) is 5.65. The van der Waals surface area contributed by atoms with Crippen LogP contribution in [-0.4, -0.2) is 43.8 Å². The van der Waals surface area contributed by atoms with Gasteiger partial charge in [0.1, 0.15) is 12.6 Å². The summed E-state index contributed by atoms with van der Waals surface area (Å²) in [6.07, 6.45) is 0.381. The van der Waals surface area contributed by atoms with Gasteiger partial charge in [0.2, 0.25) is 11.8 Å². The highest BCUT2D eigenvalue weighted by Crippen LogP contribution is 2.25. The van der Waals surface area contributed by atoms with Gasteiger partial charge in [0, 0.05) is 12.6 Å². The maximum absolute atomic E-state index is 14.0. The Morgan fingerprint density at radius 2 is 1.47 bits per heavy atom. The molecule has 1 unspecified atom stereocenters. The molecule has 0 aliphatic heterocycles. The van der Waals surface area contributed by atoms with E-state index in [1.165, 1.54) is 4.90 Å². The molecule has 1 N–H and O–H groups in total. The number of rotatable bonds is 11. The van der Waals surface area contributed by atoms with E-state index in [2.05, 4.69) is 5.32 Å². The zero-order chi connectivity index (χ0) is 27.9. The van der Waals surface area contributed by atoms with Crippen LogP contribution in [0.25, 0.3) is 0 Å². The van der Waals surface area contributed by atoms with E-state index in [9.17, 15) is 18.0 Å². The number of nitrogens with one attached hydrogen (secondary N) is 1. The van der Waals surface area contributed by atoms with E-state index in [-0.39, 0.29) is 23.4 Å². The van der Waals surface area contributed by atoms with E-state index < -0.39 is 28.5 Å². The van der Waals surface area contributed by atoms with Gasteiger partial charge in [-0.1, -0.05) is 67.1 Å². The first-order valence-electron chi connectivity index (χ1n) is 12.8. The minimum atomic E-state index is -4.07. The molecule has 0 heterocycles. The maximum atomic E-state index is 14.0. The van der Waals surface area contributed by atoms with Crippen LogP contribution in [0.1, 0.15) is 43.9 Å². The van der Waals surface area contributed by atoms with Gasteiger partial charge in [-0.2, -0.15) is 0 Å². The predicted molar refractivity (Wildman–Crippen MR) is 151 cm³/mol. The van der Waals surface area contributed by atoms with Gasteiger partial charge in [-0.3, -0.25) is 13.9 Å². The van der Waals surface area contributed by atoms with Crippen LogP contribution in [0.15, 0.2) is 83.8 Å². The van der Waals surface area contributed by atoms with Crippen molar-refractivity contribution < 1.29 is 18.0 Å². The van der Waals surface area contributed by atoms with Gasteiger partial charge >= 0.3 is 0 Å². The summed E-state index contributed by atoms with van der Waals surface area (Å²) in [5.74, 6) is -0.726. The standard InChI is InChI=1S/C30H37N3O4S/c1-6-28(30(35)31-22(2)3)32(20-25-13-11-10-12-24(25)5)29(34)21-33(26-14-8-7-9-15-26)38(36,37)27-18-16-23(4)17-19-27/h7-19,22,28H,6,20-21H2,1-5H3,(H,31,35). The van der Waals surface area contributed by atoms with Crippen LogP contribution in [0.3, 0.4) is 0 Å². The van der Waals surface area contributed by atoms with Gasteiger partial charge < -0.3 is 10.2 Å². The monoisotopic (exact) mass is 535 g/mol. The second-order valence-electron chi connectivity index (χ2n) is 9.70. The summed E-state index contributed by atoms with van der Waals surface area (Å²) in [6.45, 7) is 9.14. The molecule has 0 aliphatic carbocycles. The Balaban J connectivity index is 2.05. The van der Waals surface area contributed by atoms with Gasteiger partial charge in [-0.05, 0) is 69.5 Å². The topological polar surface area (TPSA) is 86.8 Å². The second kappa shape index (κ2) is 12.7. The number of nitrogens with zero attached hydrogens (tertiary/aromatic N) is 2. The van der Waals surface area contributed by atoms with Crippen molar-refractivity contribution in [3.05, 3.63) is 95.6 Å². The molecule has 0 saturated carbocycles.